The molecule has 0 bridgehead atoms. The maximum atomic E-state index is 13.3. The Morgan fingerprint density at radius 1 is 0.730 bits per heavy atom. The largest absolute Gasteiger partial charge is 0.481 e. The van der Waals surface area contributed by atoms with Crippen LogP contribution in [0, 0.1) is 41.4 Å². The summed E-state index contributed by atoms with van der Waals surface area (Å²) in [4.78, 5) is 30.1. The summed E-state index contributed by atoms with van der Waals surface area (Å²) in [6.07, 6.45) is 17.4. The SMILES string of the molecule is CC(C)(OC(=O)C1CCC(C2CCCCC2)CC1C(=O)O)OC1CCC(C2CCCCC2)CC1COO. The number of hydrogen-bond acceptors (Lipinski definition) is 6. The number of carboxylic acids is 1. The second kappa shape index (κ2) is 13.3. The molecular formula is C30H50O7. The number of rotatable bonds is 9. The van der Waals surface area contributed by atoms with Gasteiger partial charge < -0.3 is 14.6 Å². The van der Waals surface area contributed by atoms with E-state index >= 15 is 0 Å². The normalized spacial score (nSPS) is 34.7. The predicted molar refractivity (Wildman–Crippen MR) is 140 cm³/mol. The van der Waals surface area contributed by atoms with E-state index < -0.39 is 29.6 Å². The summed E-state index contributed by atoms with van der Waals surface area (Å²) in [5.74, 6) is -1.41. The first-order valence-electron chi connectivity index (χ1n) is 15.2. The van der Waals surface area contributed by atoms with Gasteiger partial charge in [0.05, 0.1) is 24.5 Å². The topological polar surface area (TPSA) is 102 Å². The molecule has 2 N–H and O–H groups in total. The van der Waals surface area contributed by atoms with E-state index in [-0.39, 0.29) is 18.6 Å². The van der Waals surface area contributed by atoms with E-state index in [1.54, 1.807) is 13.8 Å². The zero-order chi connectivity index (χ0) is 26.4. The standard InChI is InChI=1S/C30H50O7/c1-30(2,36-27-16-14-22(17-24(27)19-35-34)20-9-5-3-6-10-20)37-29(33)25-15-13-23(18-26(25)28(31)32)21-11-7-4-8-12-21/h20-27,34H,3-19H2,1-2H3,(H,31,32). The fourth-order valence-electron chi connectivity index (χ4n) is 8.23. The highest BCUT2D eigenvalue weighted by Crippen LogP contribution is 2.45. The summed E-state index contributed by atoms with van der Waals surface area (Å²) in [5, 5.41) is 19.2. The van der Waals surface area contributed by atoms with Crippen molar-refractivity contribution in [2.24, 2.45) is 41.4 Å². The molecule has 4 fully saturated rings. The highest BCUT2D eigenvalue weighted by atomic mass is 17.1. The van der Waals surface area contributed by atoms with Crippen LogP contribution < -0.4 is 0 Å². The molecule has 6 atom stereocenters. The first-order chi connectivity index (χ1) is 17.8. The molecule has 4 aliphatic rings. The Morgan fingerprint density at radius 2 is 1.30 bits per heavy atom. The highest BCUT2D eigenvalue weighted by Gasteiger charge is 2.45. The molecule has 0 aromatic carbocycles. The molecule has 0 heterocycles. The van der Waals surface area contributed by atoms with Crippen LogP contribution in [0.5, 0.6) is 0 Å². The Bertz CT molecular complexity index is 740. The molecule has 7 nitrogen and oxygen atoms in total. The quantitative estimate of drug-likeness (QED) is 0.148. The number of esters is 1. The molecule has 0 aliphatic heterocycles. The van der Waals surface area contributed by atoms with Crippen molar-refractivity contribution in [1.29, 1.82) is 0 Å². The molecule has 0 aromatic rings. The van der Waals surface area contributed by atoms with Crippen LogP contribution in [0.15, 0.2) is 0 Å². The van der Waals surface area contributed by atoms with E-state index in [9.17, 15) is 20.0 Å². The number of carbonyl (C=O) groups is 2. The van der Waals surface area contributed by atoms with Gasteiger partial charge in [-0.25, -0.2) is 4.89 Å². The third kappa shape index (κ3) is 7.69. The predicted octanol–water partition coefficient (Wildman–Crippen LogP) is 6.83. The van der Waals surface area contributed by atoms with Crippen LogP contribution in [-0.2, 0) is 24.0 Å². The Labute approximate surface area is 222 Å². The second-order valence-corrected chi connectivity index (χ2v) is 13.0. The summed E-state index contributed by atoms with van der Waals surface area (Å²) in [7, 11) is 0. The van der Waals surface area contributed by atoms with Crippen LogP contribution in [0.1, 0.15) is 117 Å². The Morgan fingerprint density at radius 3 is 1.86 bits per heavy atom. The average Bonchev–Trinajstić information content (AvgIpc) is 2.90. The van der Waals surface area contributed by atoms with Gasteiger partial charge in [-0.05, 0) is 62.2 Å². The average molecular weight is 523 g/mol. The van der Waals surface area contributed by atoms with Gasteiger partial charge in [-0.3, -0.25) is 14.8 Å². The molecule has 0 amide bonds. The van der Waals surface area contributed by atoms with Crippen molar-refractivity contribution in [2.75, 3.05) is 6.61 Å². The van der Waals surface area contributed by atoms with Gasteiger partial charge in [-0.15, -0.1) is 0 Å². The molecular weight excluding hydrogens is 472 g/mol. The molecule has 212 valence electrons. The molecule has 7 heteroatoms. The maximum absolute atomic E-state index is 13.3. The van der Waals surface area contributed by atoms with Crippen molar-refractivity contribution < 1.29 is 34.3 Å². The number of ether oxygens (including phenoxy) is 2. The Hall–Kier alpha value is -1.18. The van der Waals surface area contributed by atoms with Crippen molar-refractivity contribution in [3.8, 4) is 0 Å². The smallest absolute Gasteiger partial charge is 0.312 e. The van der Waals surface area contributed by atoms with Crippen molar-refractivity contribution in [1.82, 2.24) is 0 Å². The van der Waals surface area contributed by atoms with E-state index in [2.05, 4.69) is 4.89 Å². The maximum Gasteiger partial charge on any atom is 0.312 e. The lowest BCUT2D eigenvalue weighted by Gasteiger charge is -2.43. The number of hydrogen-bond donors (Lipinski definition) is 2. The number of aliphatic carboxylic acids is 1. The summed E-state index contributed by atoms with van der Waals surface area (Å²) in [5.41, 5.74) is 0. The van der Waals surface area contributed by atoms with Crippen molar-refractivity contribution in [3.63, 3.8) is 0 Å². The Kier molecular flexibility index (Phi) is 10.3. The van der Waals surface area contributed by atoms with Crippen LogP contribution in [0.3, 0.4) is 0 Å². The van der Waals surface area contributed by atoms with E-state index in [4.69, 9.17) is 9.47 Å². The minimum atomic E-state index is -1.17. The summed E-state index contributed by atoms with van der Waals surface area (Å²) in [6.45, 7) is 3.71. The van der Waals surface area contributed by atoms with E-state index in [0.29, 0.717) is 30.6 Å². The van der Waals surface area contributed by atoms with E-state index in [0.717, 1.165) is 31.6 Å². The van der Waals surface area contributed by atoms with Gasteiger partial charge in [0.25, 0.3) is 0 Å². The van der Waals surface area contributed by atoms with Crippen LogP contribution in [-0.4, -0.2) is 40.8 Å². The lowest BCUT2D eigenvalue weighted by atomic mass is 9.67. The fraction of sp³-hybridized carbons (Fsp3) is 0.933. The van der Waals surface area contributed by atoms with Gasteiger partial charge in [0.15, 0.2) is 0 Å². The molecule has 0 saturated heterocycles. The van der Waals surface area contributed by atoms with Gasteiger partial charge in [0.2, 0.25) is 5.79 Å². The Balaban J connectivity index is 1.33. The van der Waals surface area contributed by atoms with Gasteiger partial charge in [0.1, 0.15) is 0 Å². The third-order valence-corrected chi connectivity index (χ3v) is 10.2. The minimum Gasteiger partial charge on any atom is -0.481 e. The monoisotopic (exact) mass is 522 g/mol. The zero-order valence-corrected chi connectivity index (χ0v) is 23.1. The number of carbonyl (C=O) groups excluding carboxylic acids is 1. The molecule has 4 aliphatic carbocycles. The van der Waals surface area contributed by atoms with Gasteiger partial charge in [-0.1, -0.05) is 64.2 Å². The molecule has 0 radical (unpaired) electrons. The summed E-state index contributed by atoms with van der Waals surface area (Å²) >= 11 is 0. The molecule has 0 spiro atoms. The van der Waals surface area contributed by atoms with Gasteiger partial charge in [0, 0.05) is 19.8 Å². The van der Waals surface area contributed by atoms with Crippen LogP contribution in [0.4, 0.5) is 0 Å². The van der Waals surface area contributed by atoms with Crippen LogP contribution in [0.2, 0.25) is 0 Å². The lowest BCUT2D eigenvalue weighted by Crippen LogP contribution is -2.46. The summed E-state index contributed by atoms with van der Waals surface area (Å²) < 4.78 is 12.3. The first kappa shape index (κ1) is 28.8. The fourth-order valence-corrected chi connectivity index (χ4v) is 8.23. The highest BCUT2D eigenvalue weighted by molar-refractivity contribution is 5.81. The van der Waals surface area contributed by atoms with Crippen molar-refractivity contribution in [3.05, 3.63) is 0 Å². The number of carboxylic acid groups (broad SMARTS) is 1. The molecule has 4 rings (SSSR count). The van der Waals surface area contributed by atoms with Crippen LogP contribution in [0.25, 0.3) is 0 Å². The van der Waals surface area contributed by atoms with E-state index in [1.165, 1.54) is 64.2 Å². The molecule has 37 heavy (non-hydrogen) atoms. The van der Waals surface area contributed by atoms with Gasteiger partial charge >= 0.3 is 11.9 Å². The summed E-state index contributed by atoms with van der Waals surface area (Å²) in [6, 6.07) is 0. The lowest BCUT2D eigenvalue weighted by molar-refractivity contribution is -0.282. The van der Waals surface area contributed by atoms with Gasteiger partial charge in [-0.2, -0.15) is 0 Å². The van der Waals surface area contributed by atoms with Crippen molar-refractivity contribution >= 4 is 11.9 Å². The second-order valence-electron chi connectivity index (χ2n) is 13.0. The molecule has 6 unspecified atom stereocenters. The third-order valence-electron chi connectivity index (χ3n) is 10.2. The van der Waals surface area contributed by atoms with Crippen molar-refractivity contribution in [2.45, 2.75) is 128 Å². The van der Waals surface area contributed by atoms with Crippen LogP contribution >= 0.6 is 0 Å². The molecule has 4 saturated carbocycles. The van der Waals surface area contributed by atoms with E-state index in [1.807, 2.05) is 0 Å². The molecule has 0 aromatic heterocycles. The minimum absolute atomic E-state index is 0.0429. The zero-order valence-electron chi connectivity index (χ0n) is 23.1. The first-order valence-corrected chi connectivity index (χ1v) is 15.2.